The summed E-state index contributed by atoms with van der Waals surface area (Å²) in [6, 6.07) is 6.10. The Morgan fingerprint density at radius 2 is 1.95 bits per heavy atom. The summed E-state index contributed by atoms with van der Waals surface area (Å²) in [5.74, 6) is 4.96. The standard InChI is InChI=1S/C29H35F2N3O5S/c1-19-16-34(20(2)18-35)40(37,38)28-13-10-22(9-8-21-6-4-5-7-21)14-26(28)39-27(19)17-33(3)29(36)32-25-15-23(30)11-12-24(25)31/h10-15,19-21,27,35H,4-7,16-18H2,1-3H3,(H,32,36)/t19-,20+,27+/m1/s1. The van der Waals surface area contributed by atoms with Crippen LogP contribution in [0.2, 0.25) is 0 Å². The summed E-state index contributed by atoms with van der Waals surface area (Å²) in [5.41, 5.74) is 0.315. The quantitative estimate of drug-likeness (QED) is 0.514. The van der Waals surface area contributed by atoms with E-state index in [1.807, 2.05) is 0 Å². The molecule has 1 fully saturated rings. The number of amides is 2. The van der Waals surface area contributed by atoms with Crippen LogP contribution < -0.4 is 10.1 Å². The van der Waals surface area contributed by atoms with Crippen LogP contribution in [0.1, 0.15) is 45.1 Å². The average Bonchev–Trinajstić information content (AvgIpc) is 3.44. The number of carbonyl (C=O) groups is 1. The molecule has 40 heavy (non-hydrogen) atoms. The number of nitrogens with one attached hydrogen (secondary N) is 1. The Morgan fingerprint density at radius 3 is 2.65 bits per heavy atom. The van der Waals surface area contributed by atoms with Crippen molar-refractivity contribution in [3.8, 4) is 17.6 Å². The van der Waals surface area contributed by atoms with Crippen LogP contribution in [-0.2, 0) is 10.0 Å². The van der Waals surface area contributed by atoms with Crippen molar-refractivity contribution in [2.45, 2.75) is 56.6 Å². The van der Waals surface area contributed by atoms with Gasteiger partial charge in [0.2, 0.25) is 10.0 Å². The Morgan fingerprint density at radius 1 is 1.23 bits per heavy atom. The van der Waals surface area contributed by atoms with Crippen LogP contribution in [0.3, 0.4) is 0 Å². The van der Waals surface area contributed by atoms with Gasteiger partial charge in [-0.25, -0.2) is 22.0 Å². The molecule has 1 aliphatic carbocycles. The Hall–Kier alpha value is -3.20. The number of aliphatic hydroxyl groups is 1. The monoisotopic (exact) mass is 575 g/mol. The first-order chi connectivity index (χ1) is 19.0. The number of hydrogen-bond donors (Lipinski definition) is 2. The van der Waals surface area contributed by atoms with Crippen molar-refractivity contribution in [2.24, 2.45) is 11.8 Å². The molecule has 1 heterocycles. The summed E-state index contributed by atoms with van der Waals surface area (Å²) < 4.78 is 62.5. The molecule has 11 heteroatoms. The molecule has 1 aliphatic heterocycles. The highest BCUT2D eigenvalue weighted by molar-refractivity contribution is 7.89. The van der Waals surface area contributed by atoms with Gasteiger partial charge in [-0.05, 0) is 50.1 Å². The molecular weight excluding hydrogens is 540 g/mol. The summed E-state index contributed by atoms with van der Waals surface area (Å²) in [4.78, 5) is 14.1. The largest absolute Gasteiger partial charge is 0.487 e. The van der Waals surface area contributed by atoms with E-state index in [0.29, 0.717) is 11.5 Å². The van der Waals surface area contributed by atoms with Gasteiger partial charge >= 0.3 is 6.03 Å². The van der Waals surface area contributed by atoms with Crippen LogP contribution in [0.25, 0.3) is 0 Å². The fourth-order valence-corrected chi connectivity index (χ4v) is 6.76. The highest BCUT2D eigenvalue weighted by atomic mass is 32.2. The third-order valence-corrected chi connectivity index (χ3v) is 9.43. The second-order valence-electron chi connectivity index (χ2n) is 10.6. The molecule has 4 rings (SSSR count). The van der Waals surface area contributed by atoms with E-state index in [0.717, 1.165) is 43.9 Å². The number of ether oxygens (including phenoxy) is 1. The third-order valence-electron chi connectivity index (χ3n) is 7.41. The first-order valence-electron chi connectivity index (χ1n) is 13.4. The summed E-state index contributed by atoms with van der Waals surface area (Å²) in [5, 5.41) is 12.2. The maximum absolute atomic E-state index is 14.1. The lowest BCUT2D eigenvalue weighted by atomic mass is 10.0. The zero-order chi connectivity index (χ0) is 29.0. The highest BCUT2D eigenvalue weighted by Gasteiger charge is 2.38. The van der Waals surface area contributed by atoms with E-state index in [2.05, 4.69) is 17.2 Å². The number of urea groups is 1. The highest BCUT2D eigenvalue weighted by Crippen LogP contribution is 2.34. The predicted molar refractivity (Wildman–Crippen MR) is 147 cm³/mol. The van der Waals surface area contributed by atoms with Crippen molar-refractivity contribution in [3.05, 3.63) is 53.6 Å². The van der Waals surface area contributed by atoms with Crippen molar-refractivity contribution < 1.29 is 31.8 Å². The Kier molecular flexibility index (Phi) is 9.33. The van der Waals surface area contributed by atoms with Gasteiger partial charge in [0.1, 0.15) is 28.4 Å². The van der Waals surface area contributed by atoms with Gasteiger partial charge in [-0.2, -0.15) is 4.31 Å². The fraction of sp³-hybridized carbons (Fsp3) is 0.483. The molecule has 0 radical (unpaired) electrons. The van der Waals surface area contributed by atoms with E-state index in [-0.39, 0.29) is 36.0 Å². The summed E-state index contributed by atoms with van der Waals surface area (Å²) in [7, 11) is -2.54. The van der Waals surface area contributed by atoms with Crippen LogP contribution in [0.5, 0.6) is 5.75 Å². The average molecular weight is 576 g/mol. The lowest BCUT2D eigenvalue weighted by molar-refractivity contribution is 0.0830. The molecule has 0 saturated heterocycles. The van der Waals surface area contributed by atoms with Gasteiger partial charge in [0.15, 0.2) is 0 Å². The minimum atomic E-state index is -4.02. The van der Waals surface area contributed by atoms with Gasteiger partial charge in [-0.3, -0.25) is 0 Å². The molecule has 2 aromatic carbocycles. The van der Waals surface area contributed by atoms with Crippen molar-refractivity contribution in [2.75, 3.05) is 32.1 Å². The summed E-state index contributed by atoms with van der Waals surface area (Å²) in [6.45, 7) is 3.09. The topological polar surface area (TPSA) is 99.2 Å². The Balaban J connectivity index is 1.64. The molecule has 8 nitrogen and oxygen atoms in total. The maximum Gasteiger partial charge on any atom is 0.321 e. The number of carbonyl (C=O) groups excluding carboxylic acids is 1. The van der Waals surface area contributed by atoms with Crippen molar-refractivity contribution in [1.82, 2.24) is 9.21 Å². The second-order valence-corrected chi connectivity index (χ2v) is 12.4. The van der Waals surface area contributed by atoms with E-state index in [9.17, 15) is 27.1 Å². The zero-order valence-electron chi connectivity index (χ0n) is 22.9. The number of rotatable bonds is 5. The molecule has 2 N–H and O–H groups in total. The van der Waals surface area contributed by atoms with Gasteiger partial charge in [-0.15, -0.1) is 0 Å². The number of hydrogen-bond acceptors (Lipinski definition) is 5. The molecule has 2 amide bonds. The molecule has 0 aromatic heterocycles. The van der Waals surface area contributed by atoms with Crippen LogP contribution in [-0.4, -0.2) is 67.7 Å². The zero-order valence-corrected chi connectivity index (χ0v) is 23.7. The number of sulfonamides is 1. The molecule has 2 aromatic rings. The molecular formula is C29H35F2N3O5S. The predicted octanol–water partition coefficient (Wildman–Crippen LogP) is 4.44. The molecule has 3 atom stereocenters. The van der Waals surface area contributed by atoms with Crippen LogP contribution in [0, 0.1) is 35.3 Å². The van der Waals surface area contributed by atoms with Crippen molar-refractivity contribution >= 4 is 21.7 Å². The van der Waals surface area contributed by atoms with Gasteiger partial charge < -0.3 is 20.1 Å². The van der Waals surface area contributed by atoms with E-state index in [1.165, 1.54) is 22.3 Å². The normalized spacial score (nSPS) is 21.6. The Bertz CT molecular complexity index is 1400. The SMILES string of the molecule is C[C@@H]1CN([C@@H](C)CO)S(=O)(=O)c2ccc(C#CC3CCCC3)cc2O[C@H]1CN(C)C(=O)Nc1cc(F)ccc1F. The van der Waals surface area contributed by atoms with E-state index in [1.54, 1.807) is 26.0 Å². The Labute approximate surface area is 234 Å². The number of aliphatic hydroxyl groups excluding tert-OH is 1. The summed E-state index contributed by atoms with van der Waals surface area (Å²) >= 11 is 0. The van der Waals surface area contributed by atoms with Gasteiger partial charge in [-0.1, -0.05) is 31.6 Å². The fourth-order valence-electron chi connectivity index (χ4n) is 4.93. The van der Waals surface area contributed by atoms with E-state index < -0.39 is 45.8 Å². The molecule has 0 spiro atoms. The molecule has 1 saturated carbocycles. The first-order valence-corrected chi connectivity index (χ1v) is 14.9. The lowest BCUT2D eigenvalue weighted by Gasteiger charge is -2.37. The minimum absolute atomic E-state index is 0.0166. The molecule has 0 unspecified atom stereocenters. The smallest absolute Gasteiger partial charge is 0.321 e. The van der Waals surface area contributed by atoms with Crippen LogP contribution >= 0.6 is 0 Å². The number of halogens is 2. The molecule has 0 bridgehead atoms. The third kappa shape index (κ3) is 6.74. The van der Waals surface area contributed by atoms with Crippen LogP contribution in [0.15, 0.2) is 41.3 Å². The number of nitrogens with zero attached hydrogens (tertiary/aromatic N) is 2. The lowest BCUT2D eigenvalue weighted by Crippen LogP contribution is -2.50. The van der Waals surface area contributed by atoms with Crippen LogP contribution in [0.4, 0.5) is 19.3 Å². The molecule has 2 aliphatic rings. The second kappa shape index (κ2) is 12.5. The minimum Gasteiger partial charge on any atom is -0.487 e. The number of benzene rings is 2. The van der Waals surface area contributed by atoms with Gasteiger partial charge in [0.05, 0.1) is 18.8 Å². The number of anilines is 1. The molecule has 216 valence electrons. The maximum atomic E-state index is 14.1. The van der Waals surface area contributed by atoms with E-state index >= 15 is 0 Å². The number of fused-ring (bicyclic) bond motifs is 1. The van der Waals surface area contributed by atoms with Crippen molar-refractivity contribution in [1.29, 1.82) is 0 Å². The van der Waals surface area contributed by atoms with Crippen molar-refractivity contribution in [3.63, 3.8) is 0 Å². The number of likely N-dealkylation sites (N-methyl/N-ethyl adjacent to an activating group) is 1. The first kappa shape index (κ1) is 29.8. The van der Waals surface area contributed by atoms with Gasteiger partial charge in [0, 0.05) is 43.1 Å². The summed E-state index contributed by atoms with van der Waals surface area (Å²) in [6.07, 6.45) is 3.72. The van der Waals surface area contributed by atoms with E-state index in [4.69, 9.17) is 4.74 Å². The van der Waals surface area contributed by atoms with Gasteiger partial charge in [0.25, 0.3) is 0 Å².